The van der Waals surface area contributed by atoms with Crippen molar-refractivity contribution < 1.29 is 9.13 Å². The van der Waals surface area contributed by atoms with E-state index in [2.05, 4.69) is 15.7 Å². The van der Waals surface area contributed by atoms with Gasteiger partial charge in [0.15, 0.2) is 0 Å². The van der Waals surface area contributed by atoms with Crippen molar-refractivity contribution in [3.05, 3.63) is 30.1 Å². The highest BCUT2D eigenvalue weighted by Gasteiger charge is 2.05. The lowest BCUT2D eigenvalue weighted by Gasteiger charge is -2.12. The molecule has 1 aromatic carbocycles. The summed E-state index contributed by atoms with van der Waals surface area (Å²) in [5.74, 6) is 5.23. The van der Waals surface area contributed by atoms with Gasteiger partial charge in [-0.1, -0.05) is 12.1 Å². The van der Waals surface area contributed by atoms with Gasteiger partial charge in [0.2, 0.25) is 5.96 Å². The molecule has 94 valence electrons. The van der Waals surface area contributed by atoms with Crippen LogP contribution in [0.3, 0.4) is 0 Å². The van der Waals surface area contributed by atoms with Gasteiger partial charge >= 0.3 is 0 Å². The molecule has 0 heterocycles. The Morgan fingerprint density at radius 1 is 1.53 bits per heavy atom. The summed E-state index contributed by atoms with van der Waals surface area (Å²) >= 11 is 0. The van der Waals surface area contributed by atoms with E-state index >= 15 is 0 Å². The second-order valence-electron chi connectivity index (χ2n) is 3.53. The van der Waals surface area contributed by atoms with E-state index in [0.29, 0.717) is 18.3 Å². The molecule has 0 aliphatic rings. The Morgan fingerprint density at radius 3 is 2.82 bits per heavy atom. The number of methoxy groups -OCH3 is 1. The quantitative estimate of drug-likeness (QED) is 0.319. The minimum absolute atomic E-state index is 0.0784. The van der Waals surface area contributed by atoms with Gasteiger partial charge in [-0.2, -0.15) is 0 Å². The number of benzene rings is 1. The molecular weight excluding hydrogens is 223 g/mol. The van der Waals surface area contributed by atoms with Crippen LogP contribution in [0.25, 0.3) is 0 Å². The summed E-state index contributed by atoms with van der Waals surface area (Å²) in [6.07, 6.45) is 0. The third-order valence-electron chi connectivity index (χ3n) is 2.02. The van der Waals surface area contributed by atoms with Gasteiger partial charge in [0.1, 0.15) is 5.82 Å². The van der Waals surface area contributed by atoms with Crippen LogP contribution in [0.1, 0.15) is 6.92 Å². The topological polar surface area (TPSA) is 71.7 Å². The normalized spacial score (nSPS) is 13.3. The Morgan fingerprint density at radius 2 is 2.24 bits per heavy atom. The van der Waals surface area contributed by atoms with Crippen LogP contribution in [0.5, 0.6) is 0 Å². The monoisotopic (exact) mass is 240 g/mol. The second kappa shape index (κ2) is 6.82. The highest BCUT2D eigenvalue weighted by atomic mass is 19.1. The standard InChI is InChI=1S/C11H17FN4O/c1-8(7-17-2)14-11(16-13)15-10-6-4-3-5-9(10)12/h3-6,8H,7,13H2,1-2H3,(H2,14,15,16). The summed E-state index contributed by atoms with van der Waals surface area (Å²) in [4.78, 5) is 4.20. The largest absolute Gasteiger partial charge is 0.382 e. The predicted molar refractivity (Wildman–Crippen MR) is 66.1 cm³/mol. The first-order valence-corrected chi connectivity index (χ1v) is 5.22. The van der Waals surface area contributed by atoms with Crippen LogP contribution >= 0.6 is 0 Å². The molecule has 0 bridgehead atoms. The van der Waals surface area contributed by atoms with Crippen molar-refractivity contribution in [3.8, 4) is 0 Å². The van der Waals surface area contributed by atoms with Crippen molar-refractivity contribution in [2.45, 2.75) is 13.0 Å². The number of guanidine groups is 1. The van der Waals surface area contributed by atoms with Crippen molar-refractivity contribution in [2.75, 3.05) is 19.0 Å². The molecule has 17 heavy (non-hydrogen) atoms. The summed E-state index contributed by atoms with van der Waals surface area (Å²) in [5.41, 5.74) is 2.70. The SMILES string of the molecule is COCC(C)N=C(NN)Nc1ccccc1F. The number of aliphatic imine (C=N–C) groups is 1. The van der Waals surface area contributed by atoms with E-state index in [1.165, 1.54) is 6.07 Å². The Bertz CT molecular complexity index is 383. The summed E-state index contributed by atoms with van der Waals surface area (Å²) in [5, 5.41) is 2.77. The molecule has 0 fully saturated rings. The van der Waals surface area contributed by atoms with E-state index in [0.717, 1.165) is 0 Å². The van der Waals surface area contributed by atoms with E-state index < -0.39 is 0 Å². The molecule has 0 aliphatic carbocycles. The maximum atomic E-state index is 13.4. The molecule has 0 radical (unpaired) electrons. The number of nitrogens with two attached hydrogens (primary N) is 1. The van der Waals surface area contributed by atoms with Crippen LogP contribution in [-0.4, -0.2) is 25.7 Å². The molecule has 1 unspecified atom stereocenters. The van der Waals surface area contributed by atoms with E-state index in [1.807, 2.05) is 6.92 Å². The number of anilines is 1. The first kappa shape index (κ1) is 13.4. The molecular formula is C11H17FN4O. The number of hydrogen-bond donors (Lipinski definition) is 3. The number of ether oxygens (including phenoxy) is 1. The molecule has 1 atom stereocenters. The number of nitrogens with zero attached hydrogens (tertiary/aromatic N) is 1. The smallest absolute Gasteiger partial charge is 0.210 e. The van der Waals surface area contributed by atoms with Crippen molar-refractivity contribution in [2.24, 2.45) is 10.8 Å². The van der Waals surface area contributed by atoms with Gasteiger partial charge in [0, 0.05) is 7.11 Å². The first-order valence-electron chi connectivity index (χ1n) is 5.22. The van der Waals surface area contributed by atoms with Crippen molar-refractivity contribution in [3.63, 3.8) is 0 Å². The molecule has 6 heteroatoms. The number of rotatable bonds is 4. The van der Waals surface area contributed by atoms with Crippen molar-refractivity contribution >= 4 is 11.6 Å². The Hall–Kier alpha value is -1.66. The third-order valence-corrected chi connectivity index (χ3v) is 2.02. The van der Waals surface area contributed by atoms with Gasteiger partial charge in [-0.25, -0.2) is 15.2 Å². The van der Waals surface area contributed by atoms with Crippen LogP contribution in [0.2, 0.25) is 0 Å². The number of hydrazine groups is 1. The first-order chi connectivity index (χ1) is 8.17. The Labute approximate surface area is 99.8 Å². The maximum absolute atomic E-state index is 13.4. The van der Waals surface area contributed by atoms with Gasteiger partial charge in [0.05, 0.1) is 18.3 Å². The highest BCUT2D eigenvalue weighted by Crippen LogP contribution is 2.11. The van der Waals surface area contributed by atoms with Gasteiger partial charge in [0.25, 0.3) is 0 Å². The summed E-state index contributed by atoms with van der Waals surface area (Å²) < 4.78 is 18.3. The van der Waals surface area contributed by atoms with E-state index in [9.17, 15) is 4.39 Å². The fourth-order valence-electron chi connectivity index (χ4n) is 1.29. The molecule has 0 aliphatic heterocycles. The van der Waals surface area contributed by atoms with Crippen molar-refractivity contribution in [1.82, 2.24) is 5.43 Å². The Balaban J connectivity index is 2.73. The van der Waals surface area contributed by atoms with Crippen LogP contribution in [-0.2, 0) is 4.74 Å². The lowest BCUT2D eigenvalue weighted by Crippen LogP contribution is -2.37. The zero-order valence-corrected chi connectivity index (χ0v) is 9.90. The lowest BCUT2D eigenvalue weighted by atomic mass is 10.3. The lowest BCUT2D eigenvalue weighted by molar-refractivity contribution is 0.185. The van der Waals surface area contributed by atoms with Gasteiger partial charge in [-0.3, -0.25) is 5.43 Å². The summed E-state index contributed by atoms with van der Waals surface area (Å²) in [7, 11) is 1.59. The predicted octanol–water partition coefficient (Wildman–Crippen LogP) is 1.09. The number of para-hydroxylation sites is 1. The molecule has 1 aromatic rings. The second-order valence-corrected chi connectivity index (χ2v) is 3.53. The molecule has 5 nitrogen and oxygen atoms in total. The van der Waals surface area contributed by atoms with Crippen molar-refractivity contribution in [1.29, 1.82) is 0 Å². The third kappa shape index (κ3) is 4.38. The fourth-order valence-corrected chi connectivity index (χ4v) is 1.29. The molecule has 0 spiro atoms. The molecule has 0 saturated carbocycles. The van der Waals surface area contributed by atoms with E-state index in [1.54, 1.807) is 25.3 Å². The fraction of sp³-hybridized carbons (Fsp3) is 0.364. The van der Waals surface area contributed by atoms with Crippen LogP contribution < -0.4 is 16.6 Å². The van der Waals surface area contributed by atoms with Crippen LogP contribution in [0.15, 0.2) is 29.3 Å². The summed E-state index contributed by atoms with van der Waals surface area (Å²) in [6.45, 7) is 2.33. The van der Waals surface area contributed by atoms with Gasteiger partial charge < -0.3 is 10.1 Å². The van der Waals surface area contributed by atoms with Gasteiger partial charge in [-0.05, 0) is 19.1 Å². The zero-order valence-electron chi connectivity index (χ0n) is 9.90. The minimum atomic E-state index is -0.366. The molecule has 0 amide bonds. The molecule has 0 aromatic heterocycles. The molecule has 1 rings (SSSR count). The number of halogens is 1. The maximum Gasteiger partial charge on any atom is 0.210 e. The average Bonchev–Trinajstić information content (AvgIpc) is 2.31. The Kier molecular flexibility index (Phi) is 5.38. The number of nitrogens with one attached hydrogen (secondary N) is 2. The summed E-state index contributed by atoms with van der Waals surface area (Å²) in [6, 6.07) is 6.21. The van der Waals surface area contributed by atoms with Gasteiger partial charge in [-0.15, -0.1) is 0 Å². The average molecular weight is 240 g/mol. The van der Waals surface area contributed by atoms with Crippen LogP contribution in [0, 0.1) is 5.82 Å². The molecule has 4 N–H and O–H groups in total. The molecule has 0 saturated heterocycles. The van der Waals surface area contributed by atoms with E-state index in [4.69, 9.17) is 10.6 Å². The number of hydrogen-bond acceptors (Lipinski definition) is 3. The van der Waals surface area contributed by atoms with Crippen LogP contribution in [0.4, 0.5) is 10.1 Å². The minimum Gasteiger partial charge on any atom is -0.382 e. The zero-order chi connectivity index (χ0) is 12.7. The van der Waals surface area contributed by atoms with E-state index in [-0.39, 0.29) is 11.9 Å². The highest BCUT2D eigenvalue weighted by molar-refractivity contribution is 5.93.